The summed E-state index contributed by atoms with van der Waals surface area (Å²) in [4.78, 5) is 24.6. The molecule has 6 heteroatoms. The van der Waals surface area contributed by atoms with Crippen LogP contribution in [0.2, 0.25) is 0 Å². The van der Waals surface area contributed by atoms with E-state index in [0.717, 1.165) is 57.8 Å². The Morgan fingerprint density at radius 2 is 0.568 bits per heavy atom. The first kappa shape index (κ1) is 85.6. The first-order chi connectivity index (χ1) is 43.5. The third kappa shape index (κ3) is 72.6. The van der Waals surface area contributed by atoms with Gasteiger partial charge in [-0.1, -0.05) is 376 Å². The smallest absolute Gasteiger partial charge is 0.305 e. The van der Waals surface area contributed by atoms with E-state index in [2.05, 4.69) is 67.8 Å². The molecule has 0 aliphatic heterocycles. The van der Waals surface area contributed by atoms with Crippen LogP contribution in [0.4, 0.5) is 0 Å². The summed E-state index contributed by atoms with van der Waals surface area (Å²) in [5, 5.41) is 23.2. The zero-order valence-corrected chi connectivity index (χ0v) is 59.2. The monoisotopic (exact) mass is 1230 g/mol. The lowest BCUT2D eigenvalue weighted by Gasteiger charge is -2.20. The van der Waals surface area contributed by atoms with Gasteiger partial charge in [-0.05, 0) is 96.3 Å². The average Bonchev–Trinajstić information content (AvgIpc) is 3.58. The molecule has 88 heavy (non-hydrogen) atoms. The third-order valence-corrected chi connectivity index (χ3v) is 18.3. The number of amides is 1. The number of allylic oxidation sites excluding steroid dienone is 9. The van der Waals surface area contributed by atoms with E-state index >= 15 is 0 Å². The molecule has 0 saturated carbocycles. The molecule has 0 aliphatic rings. The summed E-state index contributed by atoms with van der Waals surface area (Å²) in [6, 6.07) is -0.627. The number of hydrogen-bond donors (Lipinski definition) is 3. The Morgan fingerprint density at radius 3 is 0.886 bits per heavy atom. The average molecular weight is 1230 g/mol. The maximum Gasteiger partial charge on any atom is 0.305 e. The minimum absolute atomic E-state index is 0.0109. The van der Waals surface area contributed by atoms with Crippen molar-refractivity contribution >= 4 is 11.9 Å². The van der Waals surface area contributed by atoms with Crippen LogP contribution in [0.3, 0.4) is 0 Å². The normalized spacial score (nSPS) is 12.8. The minimum atomic E-state index is -0.844. The molecule has 0 aromatic rings. The molecular formula is C82H153NO5. The lowest BCUT2D eigenvalue weighted by molar-refractivity contribution is -0.143. The van der Waals surface area contributed by atoms with Gasteiger partial charge >= 0.3 is 5.97 Å². The van der Waals surface area contributed by atoms with Crippen molar-refractivity contribution in [1.82, 2.24) is 5.32 Å². The summed E-state index contributed by atoms with van der Waals surface area (Å²) in [7, 11) is 0. The Morgan fingerprint density at radius 1 is 0.318 bits per heavy atom. The molecule has 0 bridgehead atoms. The van der Waals surface area contributed by atoms with Crippen LogP contribution in [-0.4, -0.2) is 47.4 Å². The van der Waals surface area contributed by atoms with Crippen molar-refractivity contribution in [1.29, 1.82) is 0 Å². The van der Waals surface area contributed by atoms with E-state index in [4.69, 9.17) is 4.74 Å². The van der Waals surface area contributed by atoms with Crippen LogP contribution in [-0.2, 0) is 14.3 Å². The largest absolute Gasteiger partial charge is 0.466 e. The van der Waals surface area contributed by atoms with Crippen molar-refractivity contribution in [3.05, 3.63) is 60.8 Å². The summed E-state index contributed by atoms with van der Waals surface area (Å²) < 4.78 is 5.50. The van der Waals surface area contributed by atoms with Gasteiger partial charge in [0.05, 0.1) is 25.4 Å². The van der Waals surface area contributed by atoms with Crippen LogP contribution < -0.4 is 5.32 Å². The van der Waals surface area contributed by atoms with Crippen molar-refractivity contribution in [2.45, 2.75) is 437 Å². The van der Waals surface area contributed by atoms with Crippen LogP contribution in [0.15, 0.2) is 60.8 Å². The molecule has 2 atom stereocenters. The number of hydrogen-bond acceptors (Lipinski definition) is 5. The Balaban J connectivity index is 3.38. The van der Waals surface area contributed by atoms with Crippen LogP contribution in [0.25, 0.3) is 0 Å². The van der Waals surface area contributed by atoms with E-state index in [1.807, 2.05) is 6.08 Å². The number of carbonyl (C=O) groups is 2. The fraction of sp³-hybridized carbons (Fsp3) is 0.854. The highest BCUT2D eigenvalue weighted by molar-refractivity contribution is 5.76. The molecule has 0 aliphatic carbocycles. The van der Waals surface area contributed by atoms with E-state index < -0.39 is 12.1 Å². The summed E-state index contributed by atoms with van der Waals surface area (Å²) in [6.07, 6.45) is 103. The van der Waals surface area contributed by atoms with Gasteiger partial charge in [0.2, 0.25) is 5.91 Å². The lowest BCUT2D eigenvalue weighted by atomic mass is 10.0. The molecule has 0 spiro atoms. The van der Waals surface area contributed by atoms with Gasteiger partial charge in [-0.2, -0.15) is 0 Å². The molecule has 1 amide bonds. The fourth-order valence-electron chi connectivity index (χ4n) is 12.2. The number of ether oxygens (including phenoxy) is 1. The highest BCUT2D eigenvalue weighted by Gasteiger charge is 2.18. The van der Waals surface area contributed by atoms with Crippen molar-refractivity contribution in [3.8, 4) is 0 Å². The Hall–Kier alpha value is -2.44. The van der Waals surface area contributed by atoms with Crippen LogP contribution >= 0.6 is 0 Å². The number of nitrogens with one attached hydrogen (secondary N) is 1. The Bertz CT molecular complexity index is 1520. The van der Waals surface area contributed by atoms with Crippen LogP contribution in [0, 0.1) is 0 Å². The number of rotatable bonds is 74. The summed E-state index contributed by atoms with van der Waals surface area (Å²) >= 11 is 0. The van der Waals surface area contributed by atoms with Gasteiger partial charge < -0.3 is 20.3 Å². The summed E-state index contributed by atoms with van der Waals surface area (Å²) in [6.45, 7) is 4.91. The summed E-state index contributed by atoms with van der Waals surface area (Å²) in [5.41, 5.74) is 0. The number of aliphatic hydroxyl groups is 2. The van der Waals surface area contributed by atoms with Gasteiger partial charge in [0, 0.05) is 12.8 Å². The predicted molar refractivity (Wildman–Crippen MR) is 389 cm³/mol. The number of aliphatic hydroxyl groups excluding tert-OH is 2. The van der Waals surface area contributed by atoms with Crippen molar-refractivity contribution < 1.29 is 24.5 Å². The molecule has 0 aromatic heterocycles. The molecular weight excluding hydrogens is 1080 g/mol. The fourth-order valence-corrected chi connectivity index (χ4v) is 12.2. The highest BCUT2D eigenvalue weighted by Crippen LogP contribution is 2.19. The maximum absolute atomic E-state index is 12.5. The molecule has 6 nitrogen and oxygen atoms in total. The van der Waals surface area contributed by atoms with Crippen molar-refractivity contribution in [3.63, 3.8) is 0 Å². The molecule has 516 valence electrons. The minimum Gasteiger partial charge on any atom is -0.466 e. The Kier molecular flexibility index (Phi) is 74.9. The zero-order valence-electron chi connectivity index (χ0n) is 59.2. The standard InChI is InChI=1S/C82H153NO5/c1-3-5-7-9-11-13-15-17-19-42-46-50-54-58-62-66-70-74-80(85)79(78-84)83-81(86)75-71-67-63-59-55-51-47-44-40-38-36-34-32-30-28-26-24-22-21-23-25-27-29-31-33-35-37-39-41-45-49-53-57-61-65-69-73-77-88-82(87)76-72-68-64-60-56-52-48-43-20-18-16-14-12-10-8-6-4-2/h12,14,18,20-21,23,27,29,70,74,79-80,84-85H,3-11,13,15-17,19,22,24-26,28,30-69,71-73,75-78H2,1-2H3,(H,83,86)/b14-12-,20-18-,23-21-,29-27-,74-70+. The van der Waals surface area contributed by atoms with E-state index in [9.17, 15) is 19.8 Å². The number of esters is 1. The van der Waals surface area contributed by atoms with Gasteiger partial charge in [0.15, 0.2) is 0 Å². The second-order valence-corrected chi connectivity index (χ2v) is 27.0. The number of unbranched alkanes of at least 4 members (excludes halogenated alkanes) is 55. The van der Waals surface area contributed by atoms with Gasteiger partial charge in [-0.3, -0.25) is 9.59 Å². The molecule has 0 saturated heterocycles. The van der Waals surface area contributed by atoms with Gasteiger partial charge in [0.1, 0.15) is 0 Å². The molecule has 0 rings (SSSR count). The third-order valence-electron chi connectivity index (χ3n) is 18.3. The van der Waals surface area contributed by atoms with Crippen molar-refractivity contribution in [2.24, 2.45) is 0 Å². The quantitative estimate of drug-likeness (QED) is 0.0320. The van der Waals surface area contributed by atoms with Gasteiger partial charge in [-0.25, -0.2) is 0 Å². The van der Waals surface area contributed by atoms with Crippen LogP contribution in [0.5, 0.6) is 0 Å². The van der Waals surface area contributed by atoms with Gasteiger partial charge in [0.25, 0.3) is 0 Å². The topological polar surface area (TPSA) is 95.9 Å². The molecule has 0 heterocycles. The number of carbonyl (C=O) groups excluding carboxylic acids is 2. The molecule has 0 radical (unpaired) electrons. The Labute approximate surface area is 549 Å². The van der Waals surface area contributed by atoms with E-state index in [-0.39, 0.29) is 18.5 Å². The second kappa shape index (κ2) is 77.0. The van der Waals surface area contributed by atoms with E-state index in [0.29, 0.717) is 19.4 Å². The molecule has 0 fully saturated rings. The highest BCUT2D eigenvalue weighted by atomic mass is 16.5. The van der Waals surface area contributed by atoms with Gasteiger partial charge in [-0.15, -0.1) is 0 Å². The molecule has 0 aromatic carbocycles. The SMILES string of the molecule is CCCCC/C=C\C/C=C\CCCCCCCCCC(=O)OCCCCCCCCCCCCCCC/C=C\C/C=C\CCCCCCCCCCCCCCCCCCCC(=O)NC(CO)C(O)/C=C/CCCCCCCCCCCCCCCCC. The molecule has 3 N–H and O–H groups in total. The predicted octanol–water partition coefficient (Wildman–Crippen LogP) is 26.2. The van der Waals surface area contributed by atoms with Crippen molar-refractivity contribution in [2.75, 3.05) is 13.2 Å². The zero-order chi connectivity index (χ0) is 63.5. The van der Waals surface area contributed by atoms with E-state index in [1.54, 1.807) is 6.08 Å². The van der Waals surface area contributed by atoms with Crippen LogP contribution in [0.1, 0.15) is 425 Å². The lowest BCUT2D eigenvalue weighted by Crippen LogP contribution is -2.45. The summed E-state index contributed by atoms with van der Waals surface area (Å²) in [5.74, 6) is -0.0515. The molecule has 2 unspecified atom stereocenters. The maximum atomic E-state index is 12.5. The second-order valence-electron chi connectivity index (χ2n) is 27.0. The first-order valence-corrected chi connectivity index (χ1v) is 39.6. The van der Waals surface area contributed by atoms with E-state index in [1.165, 1.54) is 340 Å². The first-order valence-electron chi connectivity index (χ1n) is 39.6.